The molecule has 0 heterocycles. The Kier molecular flexibility index (Phi) is 3.62. The van der Waals surface area contributed by atoms with Gasteiger partial charge in [0.05, 0.1) is 0 Å². The van der Waals surface area contributed by atoms with Crippen molar-refractivity contribution in [1.29, 1.82) is 0 Å². The maximum absolute atomic E-state index is 10.4. The molecule has 1 atom stereocenters. The minimum Gasteiger partial charge on any atom is -0.384 e. The van der Waals surface area contributed by atoms with Crippen LogP contribution in [0.15, 0.2) is 84.9 Å². The maximum Gasteiger partial charge on any atom is 0.104 e. The Morgan fingerprint density at radius 3 is 1.55 bits per heavy atom. The number of hydrogen-bond acceptors (Lipinski definition) is 1. The van der Waals surface area contributed by atoms with Crippen molar-refractivity contribution in [1.82, 2.24) is 0 Å². The molecule has 1 nitrogen and oxygen atoms in total. The molecule has 1 heteroatoms. The lowest BCUT2D eigenvalue weighted by atomic mass is 9.98. The van der Waals surface area contributed by atoms with Crippen molar-refractivity contribution in [2.75, 3.05) is 0 Å². The molecule has 3 aromatic rings. The first-order chi connectivity index (χ1) is 9.84. The van der Waals surface area contributed by atoms with Gasteiger partial charge in [0, 0.05) is 0 Å². The molecule has 0 amide bonds. The highest BCUT2D eigenvalue weighted by Crippen LogP contribution is 2.25. The maximum atomic E-state index is 10.4. The molecule has 0 unspecified atom stereocenters. The summed E-state index contributed by atoms with van der Waals surface area (Å²) >= 11 is 0. The van der Waals surface area contributed by atoms with Gasteiger partial charge in [0.2, 0.25) is 0 Å². The molecule has 20 heavy (non-hydrogen) atoms. The predicted molar refractivity (Wildman–Crippen MR) is 82.4 cm³/mol. The van der Waals surface area contributed by atoms with Gasteiger partial charge in [-0.25, -0.2) is 0 Å². The molecule has 98 valence electrons. The van der Waals surface area contributed by atoms with Crippen LogP contribution in [0.5, 0.6) is 0 Å². The van der Waals surface area contributed by atoms with Crippen molar-refractivity contribution in [3.05, 3.63) is 96.1 Å². The zero-order valence-corrected chi connectivity index (χ0v) is 11.1. The van der Waals surface area contributed by atoms with Crippen LogP contribution in [0.3, 0.4) is 0 Å². The average Bonchev–Trinajstić information content (AvgIpc) is 2.56. The second kappa shape index (κ2) is 5.72. The molecule has 0 saturated heterocycles. The minimum absolute atomic E-state index is 0.568. The highest BCUT2D eigenvalue weighted by Gasteiger charge is 2.09. The van der Waals surface area contributed by atoms with E-state index < -0.39 is 6.10 Å². The van der Waals surface area contributed by atoms with E-state index in [1.54, 1.807) is 0 Å². The molecule has 0 bridgehead atoms. The van der Waals surface area contributed by atoms with E-state index in [0.717, 1.165) is 16.7 Å². The zero-order valence-electron chi connectivity index (χ0n) is 11.1. The minimum atomic E-state index is -0.568. The Labute approximate surface area is 119 Å². The number of aliphatic hydroxyl groups is 1. The molecular weight excluding hydrogens is 244 g/mol. The average molecular weight is 260 g/mol. The standard InChI is InChI=1S/C19H16O/c20-19(17-9-5-2-6-10-17)18-13-11-16(12-14-18)15-7-3-1-4-8-15/h1-14,19-20H/t19-/m1/s1. The molecule has 0 fully saturated rings. The van der Waals surface area contributed by atoms with E-state index in [0.29, 0.717) is 0 Å². The Hall–Kier alpha value is -2.38. The van der Waals surface area contributed by atoms with E-state index in [2.05, 4.69) is 24.3 Å². The van der Waals surface area contributed by atoms with Crippen molar-refractivity contribution >= 4 is 0 Å². The molecule has 0 aliphatic carbocycles. The summed E-state index contributed by atoms with van der Waals surface area (Å²) in [6.45, 7) is 0. The van der Waals surface area contributed by atoms with E-state index in [1.807, 2.05) is 60.7 Å². The van der Waals surface area contributed by atoms with E-state index in [4.69, 9.17) is 0 Å². The topological polar surface area (TPSA) is 20.2 Å². The van der Waals surface area contributed by atoms with E-state index in [-0.39, 0.29) is 0 Å². The largest absolute Gasteiger partial charge is 0.384 e. The van der Waals surface area contributed by atoms with Crippen molar-refractivity contribution in [2.45, 2.75) is 6.10 Å². The molecule has 0 aliphatic rings. The fourth-order valence-electron chi connectivity index (χ4n) is 2.32. The van der Waals surface area contributed by atoms with Gasteiger partial charge in [-0.2, -0.15) is 0 Å². The molecule has 1 N–H and O–H groups in total. The molecule has 0 spiro atoms. The van der Waals surface area contributed by atoms with Gasteiger partial charge < -0.3 is 5.11 Å². The summed E-state index contributed by atoms with van der Waals surface area (Å²) in [5.41, 5.74) is 4.18. The fraction of sp³-hybridized carbons (Fsp3) is 0.0526. The van der Waals surface area contributed by atoms with Crippen LogP contribution < -0.4 is 0 Å². The Morgan fingerprint density at radius 2 is 0.950 bits per heavy atom. The highest BCUT2D eigenvalue weighted by molar-refractivity contribution is 5.63. The van der Waals surface area contributed by atoms with Gasteiger partial charge >= 0.3 is 0 Å². The smallest absolute Gasteiger partial charge is 0.104 e. The molecule has 0 aromatic heterocycles. The first-order valence-electron chi connectivity index (χ1n) is 6.73. The van der Waals surface area contributed by atoms with Crippen molar-refractivity contribution < 1.29 is 5.11 Å². The molecule has 3 aromatic carbocycles. The SMILES string of the molecule is O[C@H](c1ccccc1)c1ccc(-c2ccccc2)cc1. The normalized spacial score (nSPS) is 12.1. The fourth-order valence-corrected chi connectivity index (χ4v) is 2.32. The lowest BCUT2D eigenvalue weighted by Crippen LogP contribution is -1.98. The number of aliphatic hydroxyl groups excluding tert-OH is 1. The summed E-state index contributed by atoms with van der Waals surface area (Å²) in [4.78, 5) is 0. The third-order valence-corrected chi connectivity index (χ3v) is 3.45. The number of benzene rings is 3. The lowest BCUT2D eigenvalue weighted by Gasteiger charge is -2.12. The van der Waals surface area contributed by atoms with Crippen LogP contribution in [-0.4, -0.2) is 5.11 Å². The zero-order chi connectivity index (χ0) is 13.8. The first-order valence-corrected chi connectivity index (χ1v) is 6.73. The third-order valence-electron chi connectivity index (χ3n) is 3.45. The summed E-state index contributed by atoms with van der Waals surface area (Å²) in [6.07, 6.45) is -0.568. The molecular formula is C19H16O. The number of hydrogen-bond donors (Lipinski definition) is 1. The lowest BCUT2D eigenvalue weighted by molar-refractivity contribution is 0.220. The summed E-state index contributed by atoms with van der Waals surface area (Å²) in [5, 5.41) is 10.4. The van der Waals surface area contributed by atoms with E-state index >= 15 is 0 Å². The Bertz CT molecular complexity index is 657. The van der Waals surface area contributed by atoms with Crippen LogP contribution in [0.2, 0.25) is 0 Å². The van der Waals surface area contributed by atoms with Gasteiger partial charge in [0.15, 0.2) is 0 Å². The molecule has 0 radical (unpaired) electrons. The Morgan fingerprint density at radius 1 is 0.500 bits per heavy atom. The molecule has 3 rings (SSSR count). The Balaban J connectivity index is 1.87. The van der Waals surface area contributed by atoms with Gasteiger partial charge in [-0.3, -0.25) is 0 Å². The first kappa shape index (κ1) is 12.6. The van der Waals surface area contributed by atoms with Crippen molar-refractivity contribution in [3.8, 4) is 11.1 Å². The highest BCUT2D eigenvalue weighted by atomic mass is 16.3. The van der Waals surface area contributed by atoms with Crippen molar-refractivity contribution in [3.63, 3.8) is 0 Å². The van der Waals surface area contributed by atoms with Crippen LogP contribution in [0, 0.1) is 0 Å². The molecule has 0 aliphatic heterocycles. The second-order valence-electron chi connectivity index (χ2n) is 4.80. The van der Waals surface area contributed by atoms with E-state index in [1.165, 1.54) is 5.56 Å². The summed E-state index contributed by atoms with van der Waals surface area (Å²) < 4.78 is 0. The molecule has 0 saturated carbocycles. The van der Waals surface area contributed by atoms with Crippen LogP contribution >= 0.6 is 0 Å². The quantitative estimate of drug-likeness (QED) is 0.738. The number of rotatable bonds is 3. The third kappa shape index (κ3) is 2.63. The summed E-state index contributed by atoms with van der Waals surface area (Å²) in [7, 11) is 0. The van der Waals surface area contributed by atoms with Gasteiger partial charge in [-0.05, 0) is 22.3 Å². The van der Waals surface area contributed by atoms with Crippen LogP contribution in [0.1, 0.15) is 17.2 Å². The monoisotopic (exact) mass is 260 g/mol. The van der Waals surface area contributed by atoms with Crippen molar-refractivity contribution in [2.24, 2.45) is 0 Å². The predicted octanol–water partition coefficient (Wildman–Crippen LogP) is 4.44. The van der Waals surface area contributed by atoms with Gasteiger partial charge in [0.25, 0.3) is 0 Å². The van der Waals surface area contributed by atoms with Crippen LogP contribution in [0.25, 0.3) is 11.1 Å². The van der Waals surface area contributed by atoms with Crippen LogP contribution in [-0.2, 0) is 0 Å². The van der Waals surface area contributed by atoms with Gasteiger partial charge in [0.1, 0.15) is 6.10 Å². The van der Waals surface area contributed by atoms with E-state index in [9.17, 15) is 5.11 Å². The van der Waals surface area contributed by atoms with Crippen LogP contribution in [0.4, 0.5) is 0 Å². The second-order valence-corrected chi connectivity index (χ2v) is 4.80. The summed E-state index contributed by atoms with van der Waals surface area (Å²) in [6, 6.07) is 28.0. The van der Waals surface area contributed by atoms with Gasteiger partial charge in [-0.1, -0.05) is 84.9 Å². The van der Waals surface area contributed by atoms with Gasteiger partial charge in [-0.15, -0.1) is 0 Å². The summed E-state index contributed by atoms with van der Waals surface area (Å²) in [5.74, 6) is 0.